The summed E-state index contributed by atoms with van der Waals surface area (Å²) in [4.78, 5) is 61.2. The monoisotopic (exact) mass is 1370 g/mol. The lowest BCUT2D eigenvalue weighted by molar-refractivity contribution is -0.387. The molecule has 2 aliphatic carbocycles. The maximum atomic E-state index is 14.6. The second kappa shape index (κ2) is 36.1. The van der Waals surface area contributed by atoms with Gasteiger partial charge < -0.3 is 44.0 Å². The summed E-state index contributed by atoms with van der Waals surface area (Å²) >= 11 is 4.08. The van der Waals surface area contributed by atoms with Gasteiger partial charge in [0.15, 0.2) is 18.1 Å². The van der Waals surface area contributed by atoms with Crippen LogP contribution in [0.3, 0.4) is 0 Å². The molecule has 8 aromatic rings. The number of nitro groups is 1. The number of amides is 2. The van der Waals surface area contributed by atoms with Crippen LogP contribution >= 0.6 is 12.6 Å². The Bertz CT molecular complexity index is 4130. The molecule has 0 bridgehead atoms. The van der Waals surface area contributed by atoms with E-state index in [1.807, 2.05) is 74.2 Å². The zero-order valence-corrected chi connectivity index (χ0v) is 57.8. The number of halogens is 2. The Morgan fingerprint density at radius 3 is 1.47 bits per heavy atom. The van der Waals surface area contributed by atoms with Gasteiger partial charge in [-0.3, -0.25) is 19.7 Å². The van der Waals surface area contributed by atoms with Gasteiger partial charge in [-0.15, -0.1) is 12.6 Å². The third kappa shape index (κ3) is 19.4. The number of thiol groups is 1. The Hall–Kier alpha value is -8.64. The smallest absolute Gasteiger partial charge is 0.337 e. The maximum absolute atomic E-state index is 14.6. The van der Waals surface area contributed by atoms with Gasteiger partial charge in [0.05, 0.1) is 41.7 Å². The number of para-hydroxylation sites is 1. The maximum Gasteiger partial charge on any atom is 0.337 e. The fourth-order valence-corrected chi connectivity index (χ4v) is 14.5. The van der Waals surface area contributed by atoms with Crippen LogP contribution in [0.4, 0.5) is 14.5 Å². The Labute approximate surface area is 572 Å². The third-order valence-corrected chi connectivity index (χ3v) is 20.1. The van der Waals surface area contributed by atoms with E-state index in [0.717, 1.165) is 137 Å². The number of fused-ring (bicyclic) bond motifs is 2. The van der Waals surface area contributed by atoms with Gasteiger partial charge in [0, 0.05) is 96.8 Å². The van der Waals surface area contributed by atoms with Crippen molar-refractivity contribution in [2.75, 3.05) is 67.7 Å². The summed E-state index contributed by atoms with van der Waals surface area (Å²) in [7, 11) is 5.83. The first-order valence-electron chi connectivity index (χ1n) is 33.2. The first-order valence-corrected chi connectivity index (χ1v) is 35.0. The van der Waals surface area contributed by atoms with Crippen molar-refractivity contribution in [2.24, 2.45) is 14.1 Å². The number of rotatable bonds is 27. The zero-order chi connectivity index (χ0) is 69.6. The molecule has 2 aromatic heterocycles. The molecule has 0 unspecified atom stereocenters. The van der Waals surface area contributed by atoms with Gasteiger partial charge in [0.1, 0.15) is 23.1 Å². The molecule has 10 rings (SSSR count). The highest BCUT2D eigenvalue weighted by Crippen LogP contribution is 2.48. The van der Waals surface area contributed by atoms with Gasteiger partial charge in [0.2, 0.25) is 10.0 Å². The number of aryl methyl sites for hydroxylation is 2. The Morgan fingerprint density at radius 1 is 0.598 bits per heavy atom. The highest BCUT2D eigenvalue weighted by atomic mass is 32.2. The molecule has 6 aromatic carbocycles. The lowest BCUT2D eigenvalue weighted by Gasteiger charge is -2.24. The fraction of sp³-hybridized carbons (Fsp3) is 0.405. The van der Waals surface area contributed by atoms with Crippen LogP contribution in [0.15, 0.2) is 137 Å². The first-order chi connectivity index (χ1) is 46.8. The van der Waals surface area contributed by atoms with E-state index in [4.69, 9.17) is 18.9 Å². The predicted molar refractivity (Wildman–Crippen MR) is 376 cm³/mol. The van der Waals surface area contributed by atoms with Gasteiger partial charge in [-0.05, 0) is 155 Å². The van der Waals surface area contributed by atoms with E-state index in [1.54, 1.807) is 30.3 Å². The van der Waals surface area contributed by atoms with Crippen molar-refractivity contribution in [3.8, 4) is 34.0 Å². The average Bonchev–Trinajstić information content (AvgIpc) is 1.61. The number of ether oxygens (including phenoxy) is 4. The predicted octanol–water partition coefficient (Wildman–Crippen LogP) is 14.4. The Kier molecular flexibility index (Phi) is 27.6. The van der Waals surface area contributed by atoms with Crippen LogP contribution in [-0.2, 0) is 43.2 Å². The van der Waals surface area contributed by atoms with Crippen LogP contribution in [0.25, 0.3) is 44.3 Å². The van der Waals surface area contributed by atoms with Crippen molar-refractivity contribution in [2.45, 2.75) is 124 Å². The first kappa shape index (κ1) is 74.2. The number of carbonyl (C=O) groups excluding carboxylic acids is 4. The van der Waals surface area contributed by atoms with Crippen LogP contribution in [0.1, 0.15) is 146 Å². The molecule has 2 aliphatic rings. The van der Waals surface area contributed by atoms with Gasteiger partial charge in [0.25, 0.3) is 17.5 Å². The zero-order valence-electron chi connectivity index (χ0n) is 56.1. The van der Waals surface area contributed by atoms with Crippen LogP contribution in [0.2, 0.25) is 0 Å². The minimum Gasteiger partial charge on any atom is -0.483 e. The number of nitrogens with one attached hydrogen (secondary N) is 3. The summed E-state index contributed by atoms with van der Waals surface area (Å²) in [6.07, 6.45) is 15.7. The molecule has 0 aliphatic heterocycles. The van der Waals surface area contributed by atoms with Crippen LogP contribution in [0.5, 0.6) is 11.5 Å². The molecule has 2 amide bonds. The number of benzene rings is 6. The number of hydrogen-bond acceptors (Lipinski definition) is 14. The summed E-state index contributed by atoms with van der Waals surface area (Å²) < 4.78 is 81.8. The largest absolute Gasteiger partial charge is 0.483 e. The van der Waals surface area contributed by atoms with Crippen molar-refractivity contribution in [3.63, 3.8) is 0 Å². The van der Waals surface area contributed by atoms with E-state index >= 15 is 0 Å². The number of esters is 2. The number of nitrogens with zero attached hydrogens (tertiary/aromatic N) is 4. The van der Waals surface area contributed by atoms with E-state index in [2.05, 4.69) is 33.1 Å². The minimum atomic E-state index is -4.05. The number of nitro benzene ring substituents is 1. The summed E-state index contributed by atoms with van der Waals surface area (Å²) in [6, 6.07) is 35.0. The Morgan fingerprint density at radius 2 is 1.04 bits per heavy atom. The lowest BCUT2D eigenvalue weighted by Crippen LogP contribution is -2.30. The second-order valence-electron chi connectivity index (χ2n) is 24.4. The number of methoxy groups -OCH3 is 2. The van der Waals surface area contributed by atoms with E-state index in [9.17, 15) is 46.5 Å². The van der Waals surface area contributed by atoms with Gasteiger partial charge >= 0.3 is 11.9 Å². The quantitative estimate of drug-likeness (QED) is 0.0124. The van der Waals surface area contributed by atoms with E-state index < -0.39 is 50.1 Å². The molecule has 2 heterocycles. The highest BCUT2D eigenvalue weighted by molar-refractivity contribution is 7.89. The molecule has 2 saturated carbocycles. The highest BCUT2D eigenvalue weighted by Gasteiger charge is 2.32. The van der Waals surface area contributed by atoms with E-state index in [0.29, 0.717) is 60.7 Å². The van der Waals surface area contributed by atoms with Crippen molar-refractivity contribution in [1.82, 2.24) is 29.4 Å². The van der Waals surface area contributed by atoms with Crippen molar-refractivity contribution < 1.29 is 60.2 Å². The topological polar surface area (TPSA) is 232 Å². The molecule has 2 fully saturated rings. The normalized spacial score (nSPS) is 13.5. The van der Waals surface area contributed by atoms with Gasteiger partial charge in [-0.2, -0.15) is 0 Å². The molecule has 3 N–H and O–H groups in total. The molecule has 23 heteroatoms. The molecule has 0 radical (unpaired) electrons. The van der Waals surface area contributed by atoms with Crippen molar-refractivity contribution in [3.05, 3.63) is 171 Å². The lowest BCUT2D eigenvalue weighted by atomic mass is 9.81. The van der Waals surface area contributed by atoms with Crippen molar-refractivity contribution >= 4 is 73.9 Å². The molecule has 518 valence electrons. The molecular weight excluding hydrogens is 1280 g/mol. The number of hydrogen-bond donors (Lipinski definition) is 4. The summed E-state index contributed by atoms with van der Waals surface area (Å²) in [5, 5.41) is 22.2. The molecular formula is C74H89F2N7O12S2. The van der Waals surface area contributed by atoms with Crippen LogP contribution < -0.4 is 25.4 Å². The van der Waals surface area contributed by atoms with Crippen LogP contribution in [0, 0.1) is 21.7 Å². The number of unbranched alkanes of at least 4 members (excludes halogenated alkanes) is 4. The summed E-state index contributed by atoms with van der Waals surface area (Å²) in [5.41, 5.74) is 7.62. The van der Waals surface area contributed by atoms with E-state index in [-0.39, 0.29) is 42.2 Å². The SMILES string of the molecule is CNCCCCCNC(=O)COc1cc(F)ccc1-c1c(C2CCCCC2)c2ccc(C(=O)OC)cc2n1C.COC(=O)c1ccc2c(C3CCCCC3)c(-c3ccc(F)cc3OCC(=O)NCCCCCN(C)S(=O)(=O)c3ccccc3[N+](=O)[O-])n(C)c2c1.Sc1ccccc1. The summed E-state index contributed by atoms with van der Waals surface area (Å²) in [6.45, 7) is 1.47. The summed E-state index contributed by atoms with van der Waals surface area (Å²) in [5.74, 6) is -1.23. The number of sulfonamides is 1. The van der Waals surface area contributed by atoms with E-state index in [1.165, 1.54) is 82.1 Å². The number of aromatic nitrogens is 2. The molecule has 0 saturated heterocycles. The molecule has 0 spiro atoms. The average molecular weight is 1370 g/mol. The second-order valence-corrected chi connectivity index (χ2v) is 27.0. The van der Waals surface area contributed by atoms with Gasteiger partial charge in [-0.25, -0.2) is 31.1 Å². The molecule has 0 atom stereocenters. The number of carbonyl (C=O) groups is 4. The minimum absolute atomic E-state index is 0.148. The van der Waals surface area contributed by atoms with Gasteiger partial charge in [-0.1, -0.05) is 93.8 Å². The fourth-order valence-electron chi connectivity index (χ4n) is 12.9. The van der Waals surface area contributed by atoms with Crippen LogP contribution in [-0.4, -0.2) is 118 Å². The third-order valence-electron chi connectivity index (χ3n) is 17.9. The standard InChI is InChI=1S/C37H43FN4O8S.C31H40FN3O4.C6H6S/c1-40(51(47,48)33-15-9-8-14-30(33)42(45)46)21-11-5-10-20-39-34(43)24-50-32-23-27(38)17-19-29(32)36-35(25-12-6-4-7-13-25)28-18-16-26(37(44)49-3)22-31(28)41(36)2;1-33-16-8-5-9-17-34-28(36)20-39-27-19-23(32)13-15-25(27)30-29(21-10-6-4-7-11-21)24-14-12-22(31(37)38-3)18-26(24)35(30)2;7-6-4-2-1-3-5-6/h8-9,14-19,22-23,25H,4-7,10-13,20-21,24H2,1-3H3,(H,39,43);12-15,18-19,21,33H,4-11,16-17,20H2,1-3H3,(H,34,36);1-5,7H. The Balaban J connectivity index is 0.000000231. The molecule has 19 nitrogen and oxygen atoms in total. The van der Waals surface area contributed by atoms with Crippen molar-refractivity contribution in [1.29, 1.82) is 0 Å². The molecule has 97 heavy (non-hydrogen) atoms.